The molecule has 0 aliphatic carbocycles. The summed E-state index contributed by atoms with van der Waals surface area (Å²) in [6.45, 7) is 8.07. The molecule has 0 unspecified atom stereocenters. The monoisotopic (exact) mass is 439 g/mol. The fourth-order valence-electron chi connectivity index (χ4n) is 5.87. The van der Waals surface area contributed by atoms with Gasteiger partial charge in [-0.1, -0.05) is 91.0 Å². The third-order valence-corrected chi connectivity index (χ3v) is 7.86. The Kier molecular flexibility index (Phi) is 6.91. The van der Waals surface area contributed by atoms with E-state index in [9.17, 15) is 0 Å². The molecule has 0 bridgehead atoms. The molecule has 5 rings (SSSR count). The van der Waals surface area contributed by atoms with Gasteiger partial charge in [0.15, 0.2) is 0 Å². The molecule has 0 amide bonds. The highest BCUT2D eigenvalue weighted by Gasteiger charge is 2.38. The molecule has 0 spiro atoms. The van der Waals surface area contributed by atoms with Gasteiger partial charge in [0.25, 0.3) is 0 Å². The van der Waals surface area contributed by atoms with Crippen molar-refractivity contribution in [2.24, 2.45) is 0 Å². The highest BCUT2D eigenvalue weighted by atomic mass is 15.3. The molecule has 3 aromatic rings. The molecule has 2 aliphatic heterocycles. The molecule has 3 aromatic carbocycles. The summed E-state index contributed by atoms with van der Waals surface area (Å²) in [6.07, 6.45) is 2.51. The third kappa shape index (κ3) is 5.06. The molecule has 2 fully saturated rings. The standard InChI is InChI=1S/C30H37N3/c1-31-19-17-30(18-20-31,28-15-9-4-10-16-28)25-32-21-23-33(24-22-32)29(26-11-5-2-6-12-26)27-13-7-3-8-14-27/h2-16,29H,17-25H2,1H3. The Morgan fingerprint density at radius 1 is 0.636 bits per heavy atom. The fraction of sp³-hybridized carbons (Fsp3) is 0.400. The smallest absolute Gasteiger partial charge is 0.0602 e. The Bertz CT molecular complexity index is 933. The van der Waals surface area contributed by atoms with E-state index in [0.29, 0.717) is 6.04 Å². The lowest BCUT2D eigenvalue weighted by Gasteiger charge is -2.47. The molecule has 172 valence electrons. The molecule has 2 aliphatic rings. The maximum atomic E-state index is 2.74. The number of piperazine rings is 1. The van der Waals surface area contributed by atoms with Crippen molar-refractivity contribution < 1.29 is 0 Å². The lowest BCUT2D eigenvalue weighted by atomic mass is 9.72. The number of likely N-dealkylation sites (tertiary alicyclic amines) is 1. The van der Waals surface area contributed by atoms with Crippen LogP contribution in [0.3, 0.4) is 0 Å². The average Bonchev–Trinajstić information content (AvgIpc) is 2.89. The minimum atomic E-state index is 0.286. The second kappa shape index (κ2) is 10.2. The predicted molar refractivity (Wildman–Crippen MR) is 138 cm³/mol. The molecule has 0 N–H and O–H groups in total. The van der Waals surface area contributed by atoms with Crippen LogP contribution < -0.4 is 0 Å². The normalized spacial score (nSPS) is 20.2. The van der Waals surface area contributed by atoms with Crippen molar-refractivity contribution in [3.63, 3.8) is 0 Å². The van der Waals surface area contributed by atoms with Crippen LogP contribution in [-0.4, -0.2) is 67.6 Å². The topological polar surface area (TPSA) is 9.72 Å². The summed E-state index contributed by atoms with van der Waals surface area (Å²) in [4.78, 5) is 7.91. The van der Waals surface area contributed by atoms with Crippen LogP contribution in [0.25, 0.3) is 0 Å². The molecular formula is C30H37N3. The van der Waals surface area contributed by atoms with E-state index in [-0.39, 0.29) is 5.41 Å². The summed E-state index contributed by atoms with van der Waals surface area (Å²) < 4.78 is 0. The Hall–Kier alpha value is -2.46. The van der Waals surface area contributed by atoms with Crippen LogP contribution in [0.5, 0.6) is 0 Å². The first-order chi connectivity index (χ1) is 16.2. The molecule has 2 saturated heterocycles. The SMILES string of the molecule is CN1CCC(CN2CCN(C(c3ccccc3)c3ccccc3)CC2)(c2ccccc2)CC1. The van der Waals surface area contributed by atoms with E-state index in [1.165, 1.54) is 49.2 Å². The Morgan fingerprint density at radius 3 is 1.64 bits per heavy atom. The van der Waals surface area contributed by atoms with E-state index in [1.54, 1.807) is 0 Å². The molecular weight excluding hydrogens is 402 g/mol. The van der Waals surface area contributed by atoms with Gasteiger partial charge in [-0.05, 0) is 49.7 Å². The first-order valence-corrected chi connectivity index (χ1v) is 12.5. The summed E-state index contributed by atoms with van der Waals surface area (Å²) in [5.74, 6) is 0. The molecule has 33 heavy (non-hydrogen) atoms. The van der Waals surface area contributed by atoms with Gasteiger partial charge >= 0.3 is 0 Å². The minimum Gasteiger partial charge on any atom is -0.306 e. The minimum absolute atomic E-state index is 0.286. The van der Waals surface area contributed by atoms with E-state index in [0.717, 1.165) is 26.2 Å². The summed E-state index contributed by atoms with van der Waals surface area (Å²) in [5.41, 5.74) is 4.61. The van der Waals surface area contributed by atoms with Gasteiger partial charge in [-0.3, -0.25) is 9.80 Å². The molecule has 0 atom stereocenters. The highest BCUT2D eigenvalue weighted by Crippen LogP contribution is 2.37. The lowest BCUT2D eigenvalue weighted by molar-refractivity contribution is 0.0716. The quantitative estimate of drug-likeness (QED) is 0.532. The van der Waals surface area contributed by atoms with Gasteiger partial charge in [0, 0.05) is 38.1 Å². The van der Waals surface area contributed by atoms with Crippen molar-refractivity contribution in [1.29, 1.82) is 0 Å². The maximum Gasteiger partial charge on any atom is 0.0602 e. The molecule has 0 radical (unpaired) electrons. The average molecular weight is 440 g/mol. The van der Waals surface area contributed by atoms with Crippen molar-refractivity contribution in [1.82, 2.24) is 14.7 Å². The van der Waals surface area contributed by atoms with Gasteiger partial charge in [0.1, 0.15) is 0 Å². The van der Waals surface area contributed by atoms with Crippen LogP contribution in [-0.2, 0) is 5.41 Å². The zero-order chi connectivity index (χ0) is 22.5. The van der Waals surface area contributed by atoms with E-state index in [1.807, 2.05) is 0 Å². The Balaban J connectivity index is 1.31. The highest BCUT2D eigenvalue weighted by molar-refractivity contribution is 5.32. The summed E-state index contributed by atoms with van der Waals surface area (Å²) in [6, 6.07) is 33.7. The number of piperidine rings is 1. The van der Waals surface area contributed by atoms with Crippen molar-refractivity contribution in [3.05, 3.63) is 108 Å². The zero-order valence-electron chi connectivity index (χ0n) is 19.9. The summed E-state index contributed by atoms with van der Waals surface area (Å²) >= 11 is 0. The molecule has 0 aromatic heterocycles. The second-order valence-corrected chi connectivity index (χ2v) is 9.99. The number of nitrogens with zero attached hydrogens (tertiary/aromatic N) is 3. The van der Waals surface area contributed by atoms with E-state index in [2.05, 4.69) is 113 Å². The van der Waals surface area contributed by atoms with E-state index >= 15 is 0 Å². The van der Waals surface area contributed by atoms with Gasteiger partial charge < -0.3 is 4.90 Å². The van der Waals surface area contributed by atoms with E-state index in [4.69, 9.17) is 0 Å². The van der Waals surface area contributed by atoms with Crippen molar-refractivity contribution in [2.45, 2.75) is 24.3 Å². The maximum absolute atomic E-state index is 2.74. The lowest BCUT2D eigenvalue weighted by Crippen LogP contribution is -2.54. The first kappa shape index (κ1) is 22.3. The fourth-order valence-corrected chi connectivity index (χ4v) is 5.87. The van der Waals surface area contributed by atoms with Crippen LogP contribution in [0.4, 0.5) is 0 Å². The number of rotatable bonds is 6. The van der Waals surface area contributed by atoms with Crippen LogP contribution in [0.15, 0.2) is 91.0 Å². The first-order valence-electron chi connectivity index (χ1n) is 12.5. The van der Waals surface area contributed by atoms with Crippen molar-refractivity contribution >= 4 is 0 Å². The second-order valence-electron chi connectivity index (χ2n) is 9.99. The third-order valence-electron chi connectivity index (χ3n) is 7.86. The molecule has 3 nitrogen and oxygen atoms in total. The Morgan fingerprint density at radius 2 is 1.12 bits per heavy atom. The van der Waals surface area contributed by atoms with Gasteiger partial charge in [0.2, 0.25) is 0 Å². The van der Waals surface area contributed by atoms with Gasteiger partial charge in [-0.15, -0.1) is 0 Å². The molecule has 2 heterocycles. The predicted octanol–water partition coefficient (Wildman–Crippen LogP) is 5.06. The van der Waals surface area contributed by atoms with Crippen LogP contribution in [0.2, 0.25) is 0 Å². The van der Waals surface area contributed by atoms with Gasteiger partial charge in [-0.25, -0.2) is 0 Å². The van der Waals surface area contributed by atoms with E-state index < -0.39 is 0 Å². The van der Waals surface area contributed by atoms with Crippen molar-refractivity contribution in [2.75, 3.05) is 52.9 Å². The number of benzene rings is 3. The van der Waals surface area contributed by atoms with Crippen LogP contribution in [0.1, 0.15) is 35.6 Å². The van der Waals surface area contributed by atoms with Crippen LogP contribution >= 0.6 is 0 Å². The van der Waals surface area contributed by atoms with Gasteiger partial charge in [0.05, 0.1) is 6.04 Å². The summed E-state index contributed by atoms with van der Waals surface area (Å²) in [5, 5.41) is 0. The van der Waals surface area contributed by atoms with Gasteiger partial charge in [-0.2, -0.15) is 0 Å². The Labute approximate surface area is 199 Å². The molecule has 3 heteroatoms. The largest absolute Gasteiger partial charge is 0.306 e. The zero-order valence-corrected chi connectivity index (χ0v) is 19.9. The number of hydrogen-bond donors (Lipinski definition) is 0. The van der Waals surface area contributed by atoms with Crippen molar-refractivity contribution in [3.8, 4) is 0 Å². The number of hydrogen-bond acceptors (Lipinski definition) is 3. The molecule has 0 saturated carbocycles. The van der Waals surface area contributed by atoms with Crippen LogP contribution in [0, 0.1) is 0 Å². The summed E-state index contributed by atoms with van der Waals surface area (Å²) in [7, 11) is 2.26.